The summed E-state index contributed by atoms with van der Waals surface area (Å²) in [7, 11) is 0. The molecular weight excluding hydrogens is 331 g/mol. The summed E-state index contributed by atoms with van der Waals surface area (Å²) in [6.07, 6.45) is 3.54. The maximum Gasteiger partial charge on any atom is 0.407 e. The Morgan fingerprint density at radius 1 is 1.25 bits per heavy atom. The molecule has 0 spiro atoms. The Hall–Kier alpha value is -2.53. The molecule has 2 aromatic rings. The van der Waals surface area contributed by atoms with Gasteiger partial charge in [-0.2, -0.15) is 0 Å². The molecule has 0 unspecified atom stereocenters. The number of amides is 1. The van der Waals surface area contributed by atoms with Gasteiger partial charge in [0.25, 0.3) is 0 Å². The third-order valence-electron chi connectivity index (χ3n) is 3.23. The Bertz CT molecular complexity index is 720. The summed E-state index contributed by atoms with van der Waals surface area (Å²) in [6.45, 7) is 0.627. The van der Waals surface area contributed by atoms with Crippen LogP contribution in [-0.4, -0.2) is 12.6 Å². The summed E-state index contributed by atoms with van der Waals surface area (Å²) in [5.74, 6) is -0.624. The average Bonchev–Trinajstić information content (AvgIpc) is 2.60. The topological polar surface area (TPSA) is 64.3 Å². The van der Waals surface area contributed by atoms with Gasteiger partial charge in [-0.3, -0.25) is 0 Å². The van der Waals surface area contributed by atoms with E-state index in [1.165, 1.54) is 6.07 Å². The second-order valence-electron chi connectivity index (χ2n) is 5.05. The van der Waals surface area contributed by atoms with E-state index < -0.39 is 11.9 Å². The van der Waals surface area contributed by atoms with E-state index in [1.807, 2.05) is 30.3 Å². The van der Waals surface area contributed by atoms with Crippen LogP contribution in [0, 0.1) is 5.82 Å². The first-order chi connectivity index (χ1) is 11.6. The fourth-order valence-corrected chi connectivity index (χ4v) is 2.19. The van der Waals surface area contributed by atoms with Crippen LogP contribution in [-0.2, 0) is 11.3 Å². The molecule has 0 aliphatic carbocycles. The molecular formula is C18H18ClFN2O2. The fourth-order valence-electron chi connectivity index (χ4n) is 1.95. The van der Waals surface area contributed by atoms with Gasteiger partial charge in [-0.25, -0.2) is 9.18 Å². The Morgan fingerprint density at radius 2 is 2.00 bits per heavy atom. The molecule has 2 aromatic carbocycles. The lowest BCUT2D eigenvalue weighted by Gasteiger charge is -2.06. The highest BCUT2D eigenvalue weighted by atomic mass is 35.5. The minimum atomic E-state index is -0.624. The number of hydrogen-bond acceptors (Lipinski definition) is 3. The van der Waals surface area contributed by atoms with Crippen LogP contribution in [0.4, 0.5) is 14.9 Å². The monoisotopic (exact) mass is 348 g/mol. The van der Waals surface area contributed by atoms with Crippen LogP contribution in [0.5, 0.6) is 0 Å². The van der Waals surface area contributed by atoms with Gasteiger partial charge in [-0.1, -0.05) is 60.2 Å². The molecule has 0 aromatic heterocycles. The van der Waals surface area contributed by atoms with Crippen molar-refractivity contribution in [3.05, 3.63) is 70.5 Å². The molecule has 6 heteroatoms. The van der Waals surface area contributed by atoms with Gasteiger partial charge >= 0.3 is 6.09 Å². The van der Waals surface area contributed by atoms with Crippen LogP contribution in [0.2, 0.25) is 5.02 Å². The van der Waals surface area contributed by atoms with E-state index in [-0.39, 0.29) is 17.3 Å². The van der Waals surface area contributed by atoms with E-state index in [0.29, 0.717) is 18.5 Å². The lowest BCUT2D eigenvalue weighted by Crippen LogP contribution is -2.24. The summed E-state index contributed by atoms with van der Waals surface area (Å²) in [5, 5.41) is 2.62. The van der Waals surface area contributed by atoms with Gasteiger partial charge in [0.15, 0.2) is 5.82 Å². The van der Waals surface area contributed by atoms with Crippen molar-refractivity contribution >= 4 is 29.5 Å². The van der Waals surface area contributed by atoms with Gasteiger partial charge in [0.05, 0.1) is 10.7 Å². The van der Waals surface area contributed by atoms with Crippen LogP contribution in [0.15, 0.2) is 48.5 Å². The molecule has 0 aliphatic heterocycles. The smallest absolute Gasteiger partial charge is 0.407 e. The number of ether oxygens (including phenoxy) is 1. The number of nitrogens with two attached hydrogens (primary N) is 1. The highest BCUT2D eigenvalue weighted by Crippen LogP contribution is 2.25. The average molecular weight is 349 g/mol. The number of benzene rings is 2. The van der Waals surface area contributed by atoms with E-state index in [0.717, 1.165) is 5.56 Å². The standard InChI is InChI=1S/C18H18ClFN2O2/c19-16-14(9-10-15(21)17(16)20)8-4-5-11-22-18(23)24-12-13-6-2-1-3-7-13/h1-4,6-10H,5,11-12,21H2,(H,22,23). The lowest BCUT2D eigenvalue weighted by molar-refractivity contribution is 0.140. The van der Waals surface area contributed by atoms with Gasteiger partial charge in [0, 0.05) is 6.54 Å². The summed E-state index contributed by atoms with van der Waals surface area (Å²) in [5.41, 5.74) is 6.90. The molecule has 0 saturated heterocycles. The number of alkyl carbamates (subject to hydrolysis) is 1. The van der Waals surface area contributed by atoms with Crippen molar-refractivity contribution in [2.24, 2.45) is 0 Å². The Morgan fingerprint density at radius 3 is 2.75 bits per heavy atom. The number of carbonyl (C=O) groups excluding carboxylic acids is 1. The summed E-state index contributed by atoms with van der Waals surface area (Å²) < 4.78 is 18.6. The van der Waals surface area contributed by atoms with Crippen molar-refractivity contribution in [3.8, 4) is 0 Å². The molecule has 0 aliphatic rings. The Labute approximate surface area is 145 Å². The van der Waals surface area contributed by atoms with Crippen molar-refractivity contribution in [2.45, 2.75) is 13.0 Å². The van der Waals surface area contributed by atoms with Crippen LogP contribution in [0.25, 0.3) is 6.08 Å². The molecule has 0 heterocycles. The molecule has 0 saturated carbocycles. The van der Waals surface area contributed by atoms with Gasteiger partial charge < -0.3 is 15.8 Å². The van der Waals surface area contributed by atoms with E-state index in [1.54, 1.807) is 18.2 Å². The number of nitrogen functional groups attached to an aromatic ring is 1. The third kappa shape index (κ3) is 5.28. The molecule has 1 amide bonds. The van der Waals surface area contributed by atoms with Crippen LogP contribution < -0.4 is 11.1 Å². The van der Waals surface area contributed by atoms with Gasteiger partial charge in [0.1, 0.15) is 6.61 Å². The SMILES string of the molecule is Nc1ccc(C=CCCNC(=O)OCc2ccccc2)c(Cl)c1F. The van der Waals surface area contributed by atoms with Crippen LogP contribution >= 0.6 is 11.6 Å². The second kappa shape index (κ2) is 8.93. The first-order valence-electron chi connectivity index (χ1n) is 7.42. The maximum atomic E-state index is 13.5. The van der Waals surface area contributed by atoms with E-state index >= 15 is 0 Å². The van der Waals surface area contributed by atoms with Crippen molar-refractivity contribution in [1.29, 1.82) is 0 Å². The molecule has 0 radical (unpaired) electrons. The Kier molecular flexibility index (Phi) is 6.63. The fraction of sp³-hybridized carbons (Fsp3) is 0.167. The minimum absolute atomic E-state index is 0.0125. The zero-order chi connectivity index (χ0) is 17.4. The highest BCUT2D eigenvalue weighted by Gasteiger charge is 2.07. The largest absolute Gasteiger partial charge is 0.445 e. The number of halogens is 2. The van der Waals surface area contributed by atoms with Crippen molar-refractivity contribution in [2.75, 3.05) is 12.3 Å². The number of anilines is 1. The number of hydrogen-bond donors (Lipinski definition) is 2. The predicted octanol–water partition coefficient (Wildman–Crippen LogP) is 4.39. The summed E-state index contributed by atoms with van der Waals surface area (Å²) in [4.78, 5) is 11.5. The summed E-state index contributed by atoms with van der Waals surface area (Å²) in [6, 6.07) is 12.5. The van der Waals surface area contributed by atoms with Crippen LogP contribution in [0.3, 0.4) is 0 Å². The van der Waals surface area contributed by atoms with Crippen LogP contribution in [0.1, 0.15) is 17.5 Å². The van der Waals surface area contributed by atoms with Gasteiger partial charge in [-0.05, 0) is 23.6 Å². The molecule has 4 nitrogen and oxygen atoms in total. The Balaban J connectivity index is 1.71. The lowest BCUT2D eigenvalue weighted by atomic mass is 10.1. The summed E-state index contributed by atoms with van der Waals surface area (Å²) >= 11 is 5.87. The first kappa shape index (κ1) is 17.8. The molecule has 0 atom stereocenters. The van der Waals surface area contributed by atoms with Crippen molar-refractivity contribution in [1.82, 2.24) is 5.32 Å². The maximum absolute atomic E-state index is 13.5. The minimum Gasteiger partial charge on any atom is -0.445 e. The molecule has 126 valence electrons. The molecule has 2 rings (SSSR count). The zero-order valence-electron chi connectivity index (χ0n) is 13.0. The van der Waals surface area contributed by atoms with Crippen molar-refractivity contribution in [3.63, 3.8) is 0 Å². The number of nitrogens with one attached hydrogen (secondary N) is 1. The van der Waals surface area contributed by atoms with E-state index in [2.05, 4.69) is 5.32 Å². The van der Waals surface area contributed by atoms with Gasteiger partial charge in [0.2, 0.25) is 0 Å². The second-order valence-corrected chi connectivity index (χ2v) is 5.43. The first-order valence-corrected chi connectivity index (χ1v) is 7.80. The molecule has 0 bridgehead atoms. The van der Waals surface area contributed by atoms with E-state index in [4.69, 9.17) is 22.1 Å². The number of rotatable bonds is 6. The van der Waals surface area contributed by atoms with Gasteiger partial charge in [-0.15, -0.1) is 0 Å². The molecule has 24 heavy (non-hydrogen) atoms. The highest BCUT2D eigenvalue weighted by molar-refractivity contribution is 6.32. The predicted molar refractivity (Wildman–Crippen MR) is 94.1 cm³/mol. The van der Waals surface area contributed by atoms with E-state index in [9.17, 15) is 9.18 Å². The number of carbonyl (C=O) groups is 1. The molecule has 0 fully saturated rings. The zero-order valence-corrected chi connectivity index (χ0v) is 13.7. The normalized spacial score (nSPS) is 10.8. The quantitative estimate of drug-likeness (QED) is 0.601. The molecule has 3 N–H and O–H groups in total. The third-order valence-corrected chi connectivity index (χ3v) is 3.62. The van der Waals surface area contributed by atoms with Crippen molar-refractivity contribution < 1.29 is 13.9 Å².